The number of rotatable bonds is 5. The molecule has 2 aromatic carbocycles. The Morgan fingerprint density at radius 1 is 1.15 bits per heavy atom. The molecular formula is C18H16F3NO4. The van der Waals surface area contributed by atoms with Gasteiger partial charge in [-0.1, -0.05) is 18.2 Å². The van der Waals surface area contributed by atoms with E-state index in [1.165, 1.54) is 12.1 Å². The van der Waals surface area contributed by atoms with Crippen molar-refractivity contribution in [1.82, 2.24) is 5.32 Å². The van der Waals surface area contributed by atoms with Crippen molar-refractivity contribution in [2.45, 2.75) is 12.3 Å². The number of fused-ring (bicyclic) bond motifs is 1. The van der Waals surface area contributed by atoms with Crippen LogP contribution in [0.4, 0.5) is 13.2 Å². The molecule has 0 saturated heterocycles. The summed E-state index contributed by atoms with van der Waals surface area (Å²) in [6.07, 6.45) is -4.82. The van der Waals surface area contributed by atoms with Crippen LogP contribution in [0.5, 0.6) is 17.2 Å². The number of carbonyl (C=O) groups is 1. The minimum atomic E-state index is -4.46. The zero-order valence-electron chi connectivity index (χ0n) is 13.6. The van der Waals surface area contributed by atoms with Gasteiger partial charge >= 0.3 is 6.18 Å². The zero-order chi connectivity index (χ0) is 18.6. The van der Waals surface area contributed by atoms with Crippen molar-refractivity contribution in [3.8, 4) is 17.2 Å². The topological polar surface area (TPSA) is 56.8 Å². The van der Waals surface area contributed by atoms with Crippen LogP contribution in [-0.4, -0.2) is 31.8 Å². The number of benzene rings is 2. The van der Waals surface area contributed by atoms with Crippen LogP contribution in [0.2, 0.25) is 0 Å². The van der Waals surface area contributed by atoms with Gasteiger partial charge < -0.3 is 19.5 Å². The smallest absolute Gasteiger partial charge is 0.416 e. The number of amides is 1. The fraction of sp³-hybridized carbons (Fsp3) is 0.278. The number of hydrogen-bond donors (Lipinski definition) is 1. The number of nitrogens with one attached hydrogen (secondary N) is 1. The van der Waals surface area contributed by atoms with Crippen molar-refractivity contribution in [3.05, 3.63) is 54.1 Å². The van der Waals surface area contributed by atoms with Gasteiger partial charge in [-0.2, -0.15) is 13.2 Å². The minimum Gasteiger partial charge on any atom is -0.486 e. The molecule has 0 radical (unpaired) electrons. The summed E-state index contributed by atoms with van der Waals surface area (Å²) in [5.41, 5.74) is -0.832. The van der Waals surface area contributed by atoms with Crippen LogP contribution in [0.15, 0.2) is 48.5 Å². The van der Waals surface area contributed by atoms with Gasteiger partial charge in [0.15, 0.2) is 18.1 Å². The van der Waals surface area contributed by atoms with Crippen LogP contribution in [0.25, 0.3) is 0 Å². The Morgan fingerprint density at radius 2 is 1.92 bits per heavy atom. The summed E-state index contributed by atoms with van der Waals surface area (Å²) in [6.45, 7) is 0.0797. The Morgan fingerprint density at radius 3 is 2.69 bits per heavy atom. The maximum absolute atomic E-state index is 12.6. The molecule has 2 aromatic rings. The van der Waals surface area contributed by atoms with Gasteiger partial charge in [0.25, 0.3) is 5.91 Å². The van der Waals surface area contributed by atoms with Crippen molar-refractivity contribution < 1.29 is 32.2 Å². The maximum atomic E-state index is 12.6. The lowest BCUT2D eigenvalue weighted by molar-refractivity contribution is -0.137. The van der Waals surface area contributed by atoms with Gasteiger partial charge in [-0.15, -0.1) is 0 Å². The minimum absolute atomic E-state index is 0.0267. The maximum Gasteiger partial charge on any atom is 0.416 e. The summed E-state index contributed by atoms with van der Waals surface area (Å²) in [6, 6.07) is 11.6. The van der Waals surface area contributed by atoms with Crippen LogP contribution >= 0.6 is 0 Å². The first-order valence-corrected chi connectivity index (χ1v) is 7.87. The van der Waals surface area contributed by atoms with Crippen LogP contribution in [0.1, 0.15) is 5.56 Å². The molecule has 0 aromatic heterocycles. The summed E-state index contributed by atoms with van der Waals surface area (Å²) in [7, 11) is 0. The van der Waals surface area contributed by atoms with Crippen LogP contribution in [0.3, 0.4) is 0 Å². The highest BCUT2D eigenvalue weighted by atomic mass is 19.4. The molecule has 138 valence electrons. The molecule has 0 fully saturated rings. The first kappa shape index (κ1) is 17.9. The van der Waals surface area contributed by atoms with E-state index in [9.17, 15) is 18.0 Å². The molecule has 0 unspecified atom stereocenters. The second-order valence-corrected chi connectivity index (χ2v) is 5.62. The van der Waals surface area contributed by atoms with Crippen molar-refractivity contribution in [1.29, 1.82) is 0 Å². The van der Waals surface area contributed by atoms with E-state index in [0.717, 1.165) is 12.1 Å². The fourth-order valence-electron chi connectivity index (χ4n) is 2.35. The highest BCUT2D eigenvalue weighted by Gasteiger charge is 2.30. The molecule has 1 N–H and O–H groups in total. The van der Waals surface area contributed by atoms with Gasteiger partial charge in [0, 0.05) is 0 Å². The predicted octanol–water partition coefficient (Wildman–Crippen LogP) is 3.04. The van der Waals surface area contributed by atoms with Crippen molar-refractivity contribution >= 4 is 5.91 Å². The van der Waals surface area contributed by atoms with Gasteiger partial charge in [0.1, 0.15) is 18.5 Å². The van der Waals surface area contributed by atoms with Crippen molar-refractivity contribution in [2.75, 3.05) is 19.8 Å². The quantitative estimate of drug-likeness (QED) is 0.883. The van der Waals surface area contributed by atoms with E-state index in [4.69, 9.17) is 14.2 Å². The summed E-state index contributed by atoms with van der Waals surface area (Å²) < 4.78 is 54.3. The van der Waals surface area contributed by atoms with E-state index in [0.29, 0.717) is 11.5 Å². The van der Waals surface area contributed by atoms with Gasteiger partial charge in [-0.05, 0) is 30.3 Å². The number of halogens is 3. The molecule has 0 saturated carbocycles. The molecule has 0 bridgehead atoms. The van der Waals surface area contributed by atoms with Crippen LogP contribution in [0, 0.1) is 0 Å². The Kier molecular flexibility index (Phi) is 5.20. The third-order valence-corrected chi connectivity index (χ3v) is 3.63. The first-order valence-electron chi connectivity index (χ1n) is 7.87. The summed E-state index contributed by atoms with van der Waals surface area (Å²) in [5, 5.41) is 2.61. The first-order chi connectivity index (χ1) is 12.4. The highest BCUT2D eigenvalue weighted by Crippen LogP contribution is 2.31. The monoisotopic (exact) mass is 367 g/mol. The van der Waals surface area contributed by atoms with E-state index < -0.39 is 24.3 Å². The molecule has 0 spiro atoms. The highest BCUT2D eigenvalue weighted by molar-refractivity contribution is 5.77. The molecule has 0 aliphatic carbocycles. The standard InChI is InChI=1S/C18H16F3NO4/c19-18(20,21)12-4-3-5-13(8-12)24-11-17(23)22-9-14-10-25-15-6-1-2-7-16(15)26-14/h1-8,14H,9-11H2,(H,22,23)/t14-/m1/s1. The largest absolute Gasteiger partial charge is 0.486 e. The fourth-order valence-corrected chi connectivity index (χ4v) is 2.35. The molecule has 1 aliphatic rings. The number of hydrogen-bond acceptors (Lipinski definition) is 4. The lowest BCUT2D eigenvalue weighted by atomic mass is 10.2. The van der Waals surface area contributed by atoms with E-state index in [-0.39, 0.29) is 25.0 Å². The van der Waals surface area contributed by atoms with Crippen LogP contribution < -0.4 is 19.5 Å². The zero-order valence-corrected chi connectivity index (χ0v) is 13.6. The average Bonchev–Trinajstić information content (AvgIpc) is 2.64. The van der Waals surface area contributed by atoms with Gasteiger partial charge in [0.2, 0.25) is 0 Å². The van der Waals surface area contributed by atoms with E-state index >= 15 is 0 Å². The number of ether oxygens (including phenoxy) is 3. The third-order valence-electron chi connectivity index (χ3n) is 3.63. The molecule has 5 nitrogen and oxygen atoms in total. The second-order valence-electron chi connectivity index (χ2n) is 5.62. The number of para-hydroxylation sites is 2. The van der Waals surface area contributed by atoms with E-state index in [1.54, 1.807) is 12.1 Å². The third kappa shape index (κ3) is 4.59. The van der Waals surface area contributed by atoms with Crippen LogP contribution in [-0.2, 0) is 11.0 Å². The van der Waals surface area contributed by atoms with Crippen molar-refractivity contribution in [3.63, 3.8) is 0 Å². The molecule has 1 amide bonds. The van der Waals surface area contributed by atoms with Gasteiger partial charge in [-0.3, -0.25) is 4.79 Å². The Balaban J connectivity index is 1.45. The molecular weight excluding hydrogens is 351 g/mol. The molecule has 8 heteroatoms. The van der Waals surface area contributed by atoms with Gasteiger partial charge in [0.05, 0.1) is 12.1 Å². The Hall–Kier alpha value is -2.90. The molecule has 3 rings (SSSR count). The Bertz CT molecular complexity index is 779. The lowest BCUT2D eigenvalue weighted by Crippen LogP contribution is -2.42. The summed E-state index contributed by atoms with van der Waals surface area (Å²) >= 11 is 0. The van der Waals surface area contributed by atoms with Crippen molar-refractivity contribution in [2.24, 2.45) is 0 Å². The summed E-state index contributed by atoms with van der Waals surface area (Å²) in [4.78, 5) is 11.8. The molecule has 26 heavy (non-hydrogen) atoms. The molecule has 1 aliphatic heterocycles. The average molecular weight is 367 g/mol. The van der Waals surface area contributed by atoms with E-state index in [1.807, 2.05) is 12.1 Å². The summed E-state index contributed by atoms with van der Waals surface area (Å²) in [5.74, 6) is 0.743. The normalized spacial score (nSPS) is 16.0. The second kappa shape index (κ2) is 7.55. The van der Waals surface area contributed by atoms with E-state index in [2.05, 4.69) is 5.32 Å². The molecule has 1 heterocycles. The Labute approximate surface area is 147 Å². The SMILES string of the molecule is O=C(COc1cccc(C(F)(F)F)c1)NC[C@@H]1COc2ccccc2O1. The van der Waals surface area contributed by atoms with Gasteiger partial charge in [-0.25, -0.2) is 0 Å². The number of carbonyl (C=O) groups excluding carboxylic acids is 1. The lowest BCUT2D eigenvalue weighted by Gasteiger charge is -2.26. The number of alkyl halides is 3. The predicted molar refractivity (Wildman–Crippen MR) is 86.3 cm³/mol. The molecule has 1 atom stereocenters.